The van der Waals surface area contributed by atoms with Crippen molar-refractivity contribution in [3.05, 3.63) is 52.6 Å². The molecular formula is C31H38N6O4. The fourth-order valence-corrected chi connectivity index (χ4v) is 6.67. The molecule has 10 nitrogen and oxygen atoms in total. The Labute approximate surface area is 239 Å². The Kier molecular flexibility index (Phi) is 7.66. The van der Waals surface area contributed by atoms with Crippen LogP contribution in [0, 0.1) is 0 Å². The fraction of sp³-hybridized carbons (Fsp3) is 0.484. The van der Waals surface area contributed by atoms with Gasteiger partial charge >= 0.3 is 5.76 Å². The van der Waals surface area contributed by atoms with Crippen LogP contribution in [0.2, 0.25) is 0 Å². The van der Waals surface area contributed by atoms with E-state index < -0.39 is 5.76 Å². The standard InChI is InChI=1S/C31H38N6O4/c1-35(2)23-13-15-36(16-14-23)27(38)19-37-25-17-21(30-33-31(39)41-34-30)9-11-24(25)28(20-7-5-4-6-8-20)29(37)22-10-12-26(40-3)32-18-22/h9-12,17-18,20,23H,4-8,13-16,19H2,1-3H3,(H,33,34,39). The van der Waals surface area contributed by atoms with Gasteiger partial charge in [-0.25, -0.2) is 9.78 Å². The maximum Gasteiger partial charge on any atom is 0.439 e. The van der Waals surface area contributed by atoms with Gasteiger partial charge in [0.2, 0.25) is 11.8 Å². The Hall–Kier alpha value is -3.92. The van der Waals surface area contributed by atoms with E-state index in [1.807, 2.05) is 35.4 Å². The Morgan fingerprint density at radius 1 is 1.07 bits per heavy atom. The third-order valence-electron chi connectivity index (χ3n) is 8.89. The lowest BCUT2D eigenvalue weighted by atomic mass is 9.82. The number of hydrogen-bond donors (Lipinski definition) is 1. The predicted molar refractivity (Wildman–Crippen MR) is 157 cm³/mol. The topological polar surface area (TPSA) is 109 Å². The van der Waals surface area contributed by atoms with E-state index in [9.17, 15) is 9.59 Å². The smallest absolute Gasteiger partial charge is 0.439 e. The number of rotatable bonds is 7. The summed E-state index contributed by atoms with van der Waals surface area (Å²) in [5, 5.41) is 5.04. The highest BCUT2D eigenvalue weighted by atomic mass is 16.5. The van der Waals surface area contributed by atoms with E-state index in [-0.39, 0.29) is 12.5 Å². The highest BCUT2D eigenvalue weighted by Crippen LogP contribution is 2.45. The lowest BCUT2D eigenvalue weighted by Gasteiger charge is -2.35. The summed E-state index contributed by atoms with van der Waals surface area (Å²) in [5.41, 5.74) is 4.93. The van der Waals surface area contributed by atoms with Gasteiger partial charge in [-0.15, -0.1) is 0 Å². The van der Waals surface area contributed by atoms with Crippen molar-refractivity contribution in [1.82, 2.24) is 29.5 Å². The molecule has 1 saturated carbocycles. The summed E-state index contributed by atoms with van der Waals surface area (Å²) in [7, 11) is 5.83. The average molecular weight is 559 g/mol. The van der Waals surface area contributed by atoms with Gasteiger partial charge in [-0.05, 0) is 63.4 Å². The second-order valence-electron chi connectivity index (χ2n) is 11.5. The number of aromatic nitrogens is 4. The van der Waals surface area contributed by atoms with Gasteiger partial charge in [-0.1, -0.05) is 36.6 Å². The second kappa shape index (κ2) is 11.5. The quantitative estimate of drug-likeness (QED) is 0.351. The number of carbonyl (C=O) groups is 1. The number of amides is 1. The Morgan fingerprint density at radius 3 is 2.46 bits per heavy atom. The minimum atomic E-state index is -0.598. The van der Waals surface area contributed by atoms with Crippen LogP contribution in [-0.4, -0.2) is 75.7 Å². The first-order valence-electron chi connectivity index (χ1n) is 14.6. The zero-order valence-corrected chi connectivity index (χ0v) is 24.1. The van der Waals surface area contributed by atoms with Crippen LogP contribution in [0.4, 0.5) is 0 Å². The van der Waals surface area contributed by atoms with Crippen LogP contribution in [0.1, 0.15) is 56.4 Å². The van der Waals surface area contributed by atoms with E-state index in [1.54, 1.807) is 7.11 Å². The molecule has 10 heteroatoms. The molecule has 41 heavy (non-hydrogen) atoms. The minimum absolute atomic E-state index is 0.109. The number of carbonyl (C=O) groups excluding carboxylic acids is 1. The zero-order chi connectivity index (χ0) is 28.5. The second-order valence-corrected chi connectivity index (χ2v) is 11.5. The number of nitrogens with one attached hydrogen (secondary N) is 1. The van der Waals surface area contributed by atoms with Gasteiger partial charge in [0.05, 0.1) is 18.3 Å². The Bertz CT molecular complexity index is 1570. The van der Waals surface area contributed by atoms with Gasteiger partial charge in [0.1, 0.15) is 6.54 Å². The maximum atomic E-state index is 13.9. The minimum Gasteiger partial charge on any atom is -0.481 e. The number of nitrogens with zero attached hydrogens (tertiary/aromatic N) is 5. The van der Waals surface area contributed by atoms with Crippen molar-refractivity contribution in [2.24, 2.45) is 0 Å². The molecule has 216 valence electrons. The molecule has 1 N–H and O–H groups in total. The normalized spacial score (nSPS) is 17.0. The van der Waals surface area contributed by atoms with Crippen molar-refractivity contribution < 1.29 is 14.1 Å². The van der Waals surface area contributed by atoms with Crippen molar-refractivity contribution in [3.8, 4) is 28.5 Å². The van der Waals surface area contributed by atoms with E-state index in [0.29, 0.717) is 23.7 Å². The summed E-state index contributed by atoms with van der Waals surface area (Å²) in [6.07, 6.45) is 9.64. The van der Waals surface area contributed by atoms with Crippen LogP contribution in [0.15, 0.2) is 45.8 Å². The largest absolute Gasteiger partial charge is 0.481 e. The first-order chi connectivity index (χ1) is 19.9. The van der Waals surface area contributed by atoms with E-state index >= 15 is 0 Å². The molecule has 4 heterocycles. The third-order valence-corrected chi connectivity index (χ3v) is 8.89. The highest BCUT2D eigenvalue weighted by Gasteiger charge is 2.30. The lowest BCUT2D eigenvalue weighted by molar-refractivity contribution is -0.133. The molecule has 1 aliphatic carbocycles. The summed E-state index contributed by atoms with van der Waals surface area (Å²) < 4.78 is 12.3. The SMILES string of the molecule is COc1ccc(-c2c(C3CCCCC3)c3ccc(-c4noc(=O)[nH]4)cc3n2CC(=O)N2CCC(N(C)C)CC2)cn1. The molecule has 1 aliphatic heterocycles. The molecular weight excluding hydrogens is 520 g/mol. The van der Waals surface area contributed by atoms with E-state index in [2.05, 4.69) is 44.8 Å². The number of pyridine rings is 1. The van der Waals surface area contributed by atoms with Crippen molar-refractivity contribution >= 4 is 16.8 Å². The van der Waals surface area contributed by atoms with Crippen molar-refractivity contribution in [2.75, 3.05) is 34.3 Å². The fourth-order valence-electron chi connectivity index (χ4n) is 6.67. The van der Waals surface area contributed by atoms with Gasteiger partial charge in [0, 0.05) is 47.9 Å². The first kappa shape index (κ1) is 27.3. The van der Waals surface area contributed by atoms with Crippen LogP contribution in [0.3, 0.4) is 0 Å². The average Bonchev–Trinajstić information content (AvgIpc) is 3.58. The number of piperidine rings is 1. The zero-order valence-electron chi connectivity index (χ0n) is 24.1. The van der Waals surface area contributed by atoms with Gasteiger partial charge in [0.15, 0.2) is 5.82 Å². The van der Waals surface area contributed by atoms with E-state index in [4.69, 9.17) is 9.26 Å². The molecule has 1 aromatic carbocycles. The number of methoxy groups -OCH3 is 1. The number of hydrogen-bond acceptors (Lipinski definition) is 7. The molecule has 2 fully saturated rings. The van der Waals surface area contributed by atoms with Gasteiger partial charge in [-0.3, -0.25) is 14.3 Å². The number of benzene rings is 1. The van der Waals surface area contributed by atoms with Gasteiger partial charge in [-0.2, -0.15) is 0 Å². The molecule has 1 amide bonds. The summed E-state index contributed by atoms with van der Waals surface area (Å²) in [6, 6.07) is 10.5. The number of likely N-dealkylation sites (tertiary alicyclic amines) is 1. The van der Waals surface area contributed by atoms with Crippen molar-refractivity contribution in [3.63, 3.8) is 0 Å². The number of ether oxygens (including phenoxy) is 1. The predicted octanol–water partition coefficient (Wildman–Crippen LogP) is 4.66. The molecule has 0 spiro atoms. The molecule has 6 rings (SSSR count). The molecule has 0 unspecified atom stereocenters. The van der Waals surface area contributed by atoms with Crippen LogP contribution < -0.4 is 10.5 Å². The van der Waals surface area contributed by atoms with E-state index in [0.717, 1.165) is 66.5 Å². The summed E-state index contributed by atoms with van der Waals surface area (Å²) >= 11 is 0. The highest BCUT2D eigenvalue weighted by molar-refractivity contribution is 5.96. The molecule has 0 bridgehead atoms. The van der Waals surface area contributed by atoms with Crippen molar-refractivity contribution in [2.45, 2.75) is 63.5 Å². The van der Waals surface area contributed by atoms with Crippen LogP contribution >= 0.6 is 0 Å². The molecule has 0 atom stereocenters. The summed E-state index contributed by atoms with van der Waals surface area (Å²) in [6.45, 7) is 1.72. The molecule has 1 saturated heterocycles. The summed E-state index contributed by atoms with van der Waals surface area (Å²) in [4.78, 5) is 37.1. The monoisotopic (exact) mass is 558 g/mol. The molecule has 2 aliphatic rings. The van der Waals surface area contributed by atoms with Gasteiger partial charge < -0.3 is 19.1 Å². The van der Waals surface area contributed by atoms with Crippen molar-refractivity contribution in [1.29, 1.82) is 0 Å². The van der Waals surface area contributed by atoms with Gasteiger partial charge in [0.25, 0.3) is 0 Å². The Balaban J connectivity index is 1.49. The molecule has 4 aromatic rings. The lowest BCUT2D eigenvalue weighted by Crippen LogP contribution is -2.45. The maximum absolute atomic E-state index is 13.9. The number of H-pyrrole nitrogens is 1. The number of aromatic amines is 1. The van der Waals surface area contributed by atoms with Crippen LogP contribution in [0.5, 0.6) is 5.88 Å². The van der Waals surface area contributed by atoms with Crippen LogP contribution in [-0.2, 0) is 11.3 Å². The molecule has 0 radical (unpaired) electrons. The Morgan fingerprint density at radius 2 is 1.83 bits per heavy atom. The summed E-state index contributed by atoms with van der Waals surface area (Å²) in [5.74, 6) is 0.812. The first-order valence-corrected chi connectivity index (χ1v) is 14.6. The third kappa shape index (κ3) is 5.40. The van der Waals surface area contributed by atoms with E-state index in [1.165, 1.54) is 24.8 Å². The number of fused-ring (bicyclic) bond motifs is 1. The molecule has 3 aromatic heterocycles. The van der Waals surface area contributed by atoms with Crippen LogP contribution in [0.25, 0.3) is 33.5 Å².